The van der Waals surface area contributed by atoms with E-state index in [1.54, 1.807) is 0 Å². The maximum absolute atomic E-state index is 6.01. The molecule has 2 aromatic rings. The number of ether oxygens (including phenoxy) is 1. The lowest BCUT2D eigenvalue weighted by molar-refractivity contribution is 0.293. The Morgan fingerprint density at radius 1 is 0.864 bits per heavy atom. The Balaban J connectivity index is 2.01. The summed E-state index contributed by atoms with van der Waals surface area (Å²) in [6.45, 7) is 10.4. The fourth-order valence-corrected chi connectivity index (χ4v) is 2.62. The second-order valence-corrected chi connectivity index (χ2v) is 5.53. The molecular formula is C20H27NO. The van der Waals surface area contributed by atoms with Crippen molar-refractivity contribution in [3.63, 3.8) is 0 Å². The van der Waals surface area contributed by atoms with E-state index in [-0.39, 0.29) is 0 Å². The molecule has 0 amide bonds. The fourth-order valence-electron chi connectivity index (χ4n) is 2.62. The molecular weight excluding hydrogens is 270 g/mol. The van der Waals surface area contributed by atoms with Gasteiger partial charge in [-0.15, -0.1) is 0 Å². The minimum absolute atomic E-state index is 0.628. The summed E-state index contributed by atoms with van der Waals surface area (Å²) < 4.78 is 6.01. The highest BCUT2D eigenvalue weighted by molar-refractivity contribution is 5.33. The monoisotopic (exact) mass is 297 g/mol. The molecule has 2 heteroatoms. The summed E-state index contributed by atoms with van der Waals surface area (Å²) in [5, 5.41) is 0. The Morgan fingerprint density at radius 3 is 2.32 bits per heavy atom. The van der Waals surface area contributed by atoms with Crippen LogP contribution in [0, 0.1) is 0 Å². The van der Waals surface area contributed by atoms with Gasteiger partial charge in [0.05, 0.1) is 0 Å². The van der Waals surface area contributed by atoms with E-state index in [2.05, 4.69) is 68.1 Å². The van der Waals surface area contributed by atoms with E-state index in [0.717, 1.165) is 31.8 Å². The van der Waals surface area contributed by atoms with Crippen LogP contribution in [0.2, 0.25) is 0 Å². The van der Waals surface area contributed by atoms with Crippen molar-refractivity contribution >= 4 is 0 Å². The number of hydrogen-bond donors (Lipinski definition) is 0. The zero-order valence-electron chi connectivity index (χ0n) is 14.0. The maximum Gasteiger partial charge on any atom is 0.122 e. The van der Waals surface area contributed by atoms with Crippen molar-refractivity contribution in [3.8, 4) is 5.75 Å². The number of nitrogens with zero attached hydrogens (tertiary/aromatic N) is 1. The maximum atomic E-state index is 6.01. The smallest absolute Gasteiger partial charge is 0.122 e. The molecule has 0 bridgehead atoms. The molecule has 0 radical (unpaired) electrons. The number of rotatable bonds is 8. The van der Waals surface area contributed by atoms with Crippen molar-refractivity contribution in [3.05, 3.63) is 65.2 Å². The number of para-hydroxylation sites is 1. The molecule has 0 atom stereocenters. The molecule has 22 heavy (non-hydrogen) atoms. The van der Waals surface area contributed by atoms with Gasteiger partial charge < -0.3 is 4.74 Å². The first-order valence-corrected chi connectivity index (χ1v) is 8.27. The third kappa shape index (κ3) is 4.60. The minimum Gasteiger partial charge on any atom is -0.489 e. The number of benzene rings is 2. The van der Waals surface area contributed by atoms with E-state index in [0.29, 0.717) is 6.61 Å². The molecule has 0 aromatic heterocycles. The normalized spacial score (nSPS) is 10.9. The van der Waals surface area contributed by atoms with E-state index < -0.39 is 0 Å². The van der Waals surface area contributed by atoms with Crippen molar-refractivity contribution in [2.45, 2.75) is 40.3 Å². The third-order valence-corrected chi connectivity index (χ3v) is 4.04. The molecule has 2 aromatic carbocycles. The Labute approximate surface area is 134 Å². The van der Waals surface area contributed by atoms with Gasteiger partial charge in [-0.05, 0) is 42.3 Å². The molecule has 0 aliphatic heterocycles. The summed E-state index contributed by atoms with van der Waals surface area (Å²) in [5.41, 5.74) is 3.85. The Kier molecular flexibility index (Phi) is 6.47. The lowest BCUT2D eigenvalue weighted by Gasteiger charge is -2.18. The second kappa shape index (κ2) is 8.60. The largest absolute Gasteiger partial charge is 0.489 e. The molecule has 0 saturated heterocycles. The van der Waals surface area contributed by atoms with Crippen LogP contribution in [-0.4, -0.2) is 18.0 Å². The highest BCUT2D eigenvalue weighted by Crippen LogP contribution is 2.20. The molecule has 0 saturated carbocycles. The highest BCUT2D eigenvalue weighted by Gasteiger charge is 2.04. The fraction of sp³-hybridized carbons (Fsp3) is 0.400. The number of aryl methyl sites for hydroxylation is 1. The first-order chi connectivity index (χ1) is 10.8. The van der Waals surface area contributed by atoms with Crippen LogP contribution >= 0.6 is 0 Å². The minimum atomic E-state index is 0.628. The summed E-state index contributed by atoms with van der Waals surface area (Å²) in [7, 11) is 0. The predicted molar refractivity (Wildman–Crippen MR) is 93.2 cm³/mol. The predicted octanol–water partition coefficient (Wildman–Crippen LogP) is 4.67. The highest BCUT2D eigenvalue weighted by atomic mass is 16.5. The SMILES string of the molecule is CCc1ccccc1OCc1cccc(CN(CC)CC)c1. The topological polar surface area (TPSA) is 12.5 Å². The third-order valence-electron chi connectivity index (χ3n) is 4.04. The Bertz CT molecular complexity index is 575. The van der Waals surface area contributed by atoms with Crippen molar-refractivity contribution in [2.75, 3.05) is 13.1 Å². The van der Waals surface area contributed by atoms with Crippen LogP contribution in [0.5, 0.6) is 5.75 Å². The van der Waals surface area contributed by atoms with Crippen molar-refractivity contribution in [1.29, 1.82) is 0 Å². The Hall–Kier alpha value is -1.80. The lowest BCUT2D eigenvalue weighted by Crippen LogP contribution is -2.22. The van der Waals surface area contributed by atoms with Crippen LogP contribution < -0.4 is 4.74 Å². The van der Waals surface area contributed by atoms with Gasteiger partial charge in [-0.2, -0.15) is 0 Å². The zero-order valence-corrected chi connectivity index (χ0v) is 14.0. The van der Waals surface area contributed by atoms with Crippen LogP contribution in [0.4, 0.5) is 0 Å². The van der Waals surface area contributed by atoms with Crippen LogP contribution in [0.15, 0.2) is 48.5 Å². The van der Waals surface area contributed by atoms with Crippen molar-refractivity contribution < 1.29 is 4.74 Å². The Morgan fingerprint density at radius 2 is 1.59 bits per heavy atom. The quantitative estimate of drug-likeness (QED) is 0.702. The average Bonchev–Trinajstić information content (AvgIpc) is 2.58. The summed E-state index contributed by atoms with van der Waals surface area (Å²) in [5.74, 6) is 0.999. The standard InChI is InChI=1S/C20H27NO/c1-4-19-12-7-8-13-20(19)22-16-18-11-9-10-17(14-18)15-21(5-2)6-3/h7-14H,4-6,15-16H2,1-3H3. The molecule has 0 spiro atoms. The molecule has 0 heterocycles. The molecule has 0 fully saturated rings. The molecule has 118 valence electrons. The van der Waals surface area contributed by atoms with Crippen LogP contribution in [0.25, 0.3) is 0 Å². The molecule has 0 aliphatic rings. The van der Waals surface area contributed by atoms with E-state index >= 15 is 0 Å². The lowest BCUT2D eigenvalue weighted by atomic mass is 10.1. The van der Waals surface area contributed by atoms with E-state index in [9.17, 15) is 0 Å². The first-order valence-electron chi connectivity index (χ1n) is 8.27. The van der Waals surface area contributed by atoms with Gasteiger partial charge in [-0.1, -0.05) is 63.2 Å². The van der Waals surface area contributed by atoms with Gasteiger partial charge in [0, 0.05) is 6.54 Å². The summed E-state index contributed by atoms with van der Waals surface area (Å²) >= 11 is 0. The summed E-state index contributed by atoms with van der Waals surface area (Å²) in [6, 6.07) is 17.0. The van der Waals surface area contributed by atoms with E-state index in [4.69, 9.17) is 4.74 Å². The van der Waals surface area contributed by atoms with E-state index in [1.165, 1.54) is 16.7 Å². The van der Waals surface area contributed by atoms with Gasteiger partial charge in [0.25, 0.3) is 0 Å². The summed E-state index contributed by atoms with van der Waals surface area (Å²) in [6.07, 6.45) is 0.998. The van der Waals surface area contributed by atoms with Crippen LogP contribution in [0.1, 0.15) is 37.5 Å². The van der Waals surface area contributed by atoms with Gasteiger partial charge in [0.1, 0.15) is 12.4 Å². The van der Waals surface area contributed by atoms with Crippen LogP contribution in [-0.2, 0) is 19.6 Å². The van der Waals surface area contributed by atoms with Crippen molar-refractivity contribution in [2.24, 2.45) is 0 Å². The summed E-state index contributed by atoms with van der Waals surface area (Å²) in [4.78, 5) is 2.42. The van der Waals surface area contributed by atoms with Crippen LogP contribution in [0.3, 0.4) is 0 Å². The molecule has 0 N–H and O–H groups in total. The molecule has 2 nitrogen and oxygen atoms in total. The molecule has 0 unspecified atom stereocenters. The van der Waals surface area contributed by atoms with Crippen molar-refractivity contribution in [1.82, 2.24) is 4.90 Å². The van der Waals surface area contributed by atoms with Gasteiger partial charge in [-0.3, -0.25) is 4.90 Å². The molecule has 0 aliphatic carbocycles. The first kappa shape index (κ1) is 16.6. The molecule has 2 rings (SSSR count). The second-order valence-electron chi connectivity index (χ2n) is 5.53. The average molecular weight is 297 g/mol. The zero-order chi connectivity index (χ0) is 15.8. The van der Waals surface area contributed by atoms with E-state index in [1.807, 2.05) is 6.07 Å². The van der Waals surface area contributed by atoms with Gasteiger partial charge in [0.2, 0.25) is 0 Å². The van der Waals surface area contributed by atoms with Gasteiger partial charge in [-0.25, -0.2) is 0 Å². The van der Waals surface area contributed by atoms with Gasteiger partial charge in [0.15, 0.2) is 0 Å². The van der Waals surface area contributed by atoms with Gasteiger partial charge >= 0.3 is 0 Å². The number of hydrogen-bond acceptors (Lipinski definition) is 2.